The Morgan fingerprint density at radius 3 is 2.44 bits per heavy atom. The molecule has 8 heteroatoms. The minimum Gasteiger partial charge on any atom is -0.486 e. The summed E-state index contributed by atoms with van der Waals surface area (Å²) in [5.41, 5.74) is 6.70. The summed E-state index contributed by atoms with van der Waals surface area (Å²) in [5, 5.41) is 3.34. The van der Waals surface area contributed by atoms with Crippen LogP contribution in [-0.4, -0.2) is 17.4 Å². The van der Waals surface area contributed by atoms with Gasteiger partial charge in [-0.2, -0.15) is 0 Å². The molecule has 2 rings (SSSR count). The van der Waals surface area contributed by atoms with Crippen molar-refractivity contribution in [2.45, 2.75) is 33.3 Å². The van der Waals surface area contributed by atoms with Gasteiger partial charge in [-0.3, -0.25) is 9.78 Å². The van der Waals surface area contributed by atoms with E-state index in [1.54, 1.807) is 24.4 Å². The number of nitrogens with one attached hydrogen (secondary N) is 1. The fraction of sp³-hybridized carbons (Fsp3) is 0.368. The van der Waals surface area contributed by atoms with Gasteiger partial charge in [-0.1, -0.05) is 31.5 Å². The summed E-state index contributed by atoms with van der Waals surface area (Å²) in [4.78, 5) is 16.8. The van der Waals surface area contributed by atoms with E-state index in [9.17, 15) is 4.79 Å². The number of rotatable bonds is 8. The molecule has 1 aromatic carbocycles. The number of carbonyl (C=O) groups is 1. The molecular weight excluding hydrogens is 409 g/mol. The molecule has 0 radical (unpaired) electrons. The predicted octanol–water partition coefficient (Wildman–Crippen LogP) is 4.86. The molecule has 2 aromatic rings. The first-order valence-corrected chi connectivity index (χ1v) is 8.76. The Labute approximate surface area is 177 Å². The Bertz CT molecular complexity index is 702. The van der Waals surface area contributed by atoms with Crippen molar-refractivity contribution in [3.05, 3.63) is 53.3 Å². The first-order valence-electron chi connectivity index (χ1n) is 8.38. The average molecular weight is 435 g/mol. The molecule has 0 unspecified atom stereocenters. The number of pyridine rings is 1. The molecule has 1 heterocycles. The van der Waals surface area contributed by atoms with Gasteiger partial charge in [-0.05, 0) is 43.2 Å². The largest absolute Gasteiger partial charge is 0.486 e. The third-order valence-corrected chi connectivity index (χ3v) is 4.81. The molecule has 150 valence electrons. The molecule has 0 aliphatic rings. The number of hydrogen-bond acceptors (Lipinski definition) is 4. The van der Waals surface area contributed by atoms with Crippen molar-refractivity contribution in [3.63, 3.8) is 0 Å². The van der Waals surface area contributed by atoms with Crippen LogP contribution in [0, 0.1) is 5.41 Å². The minimum atomic E-state index is -0.555. The van der Waals surface area contributed by atoms with Gasteiger partial charge in [0.15, 0.2) is 0 Å². The maximum absolute atomic E-state index is 12.6. The van der Waals surface area contributed by atoms with Crippen LogP contribution in [0.4, 0.5) is 5.69 Å². The summed E-state index contributed by atoms with van der Waals surface area (Å²) in [6.07, 6.45) is 3.08. The molecule has 0 saturated heterocycles. The molecule has 0 bridgehead atoms. The summed E-state index contributed by atoms with van der Waals surface area (Å²) in [7, 11) is 0. The standard InChI is InChI=1S/C19H24ClN3O2.2ClH/c1-3-19(4-2,13-21)18(24)23-14-8-9-17(16(20)11-14)25-12-15-7-5-6-10-22-15;;/h5-11H,3-4,12-13,21H2,1-2H3,(H,23,24);2*1H. The first-order chi connectivity index (χ1) is 12.0. The molecule has 3 N–H and O–H groups in total. The van der Waals surface area contributed by atoms with E-state index in [0.717, 1.165) is 5.69 Å². The molecule has 5 nitrogen and oxygen atoms in total. The molecule has 1 aromatic heterocycles. The third kappa shape index (κ3) is 6.54. The second-order valence-electron chi connectivity index (χ2n) is 5.90. The van der Waals surface area contributed by atoms with Gasteiger partial charge in [-0.25, -0.2) is 0 Å². The summed E-state index contributed by atoms with van der Waals surface area (Å²) < 4.78 is 5.69. The van der Waals surface area contributed by atoms with Crippen LogP contribution in [0.2, 0.25) is 5.02 Å². The lowest BCUT2D eigenvalue weighted by atomic mass is 9.81. The molecular formula is C19H26Cl3N3O2. The molecule has 0 fully saturated rings. The normalized spacial score (nSPS) is 10.4. The predicted molar refractivity (Wildman–Crippen MR) is 115 cm³/mol. The van der Waals surface area contributed by atoms with E-state index >= 15 is 0 Å². The van der Waals surface area contributed by atoms with Gasteiger partial charge in [0.2, 0.25) is 5.91 Å². The van der Waals surface area contributed by atoms with Gasteiger partial charge in [0, 0.05) is 18.4 Å². The highest BCUT2D eigenvalue weighted by molar-refractivity contribution is 6.32. The van der Waals surface area contributed by atoms with E-state index in [4.69, 9.17) is 22.1 Å². The number of benzene rings is 1. The zero-order chi connectivity index (χ0) is 18.3. The number of halogens is 3. The lowest BCUT2D eigenvalue weighted by Gasteiger charge is -2.28. The van der Waals surface area contributed by atoms with E-state index < -0.39 is 5.41 Å². The second kappa shape index (κ2) is 12.0. The smallest absolute Gasteiger partial charge is 0.231 e. The molecule has 0 atom stereocenters. The van der Waals surface area contributed by atoms with Gasteiger partial charge >= 0.3 is 0 Å². The van der Waals surface area contributed by atoms with Crippen molar-refractivity contribution in [3.8, 4) is 5.75 Å². The molecule has 0 aliphatic carbocycles. The molecule has 0 saturated carbocycles. The molecule has 27 heavy (non-hydrogen) atoms. The lowest BCUT2D eigenvalue weighted by molar-refractivity contribution is -0.125. The summed E-state index contributed by atoms with van der Waals surface area (Å²) in [5.74, 6) is 0.458. The molecule has 0 aliphatic heterocycles. The number of amides is 1. The highest BCUT2D eigenvalue weighted by Crippen LogP contribution is 2.31. The topological polar surface area (TPSA) is 77.2 Å². The first kappa shape index (κ1) is 25.5. The van der Waals surface area contributed by atoms with Gasteiger partial charge in [-0.15, -0.1) is 24.8 Å². The zero-order valence-corrected chi connectivity index (χ0v) is 17.8. The van der Waals surface area contributed by atoms with E-state index in [1.807, 2.05) is 32.0 Å². The van der Waals surface area contributed by atoms with E-state index in [1.165, 1.54) is 0 Å². The number of anilines is 1. The van der Waals surface area contributed by atoms with Crippen LogP contribution >= 0.6 is 36.4 Å². The van der Waals surface area contributed by atoms with Crippen molar-refractivity contribution < 1.29 is 9.53 Å². The Hall–Kier alpha value is -1.53. The summed E-state index contributed by atoms with van der Waals surface area (Å²) in [6, 6.07) is 10.8. The summed E-state index contributed by atoms with van der Waals surface area (Å²) >= 11 is 6.27. The Balaban J connectivity index is 0.00000338. The third-order valence-electron chi connectivity index (χ3n) is 4.52. The van der Waals surface area contributed by atoms with Crippen LogP contribution in [0.25, 0.3) is 0 Å². The van der Waals surface area contributed by atoms with Gasteiger partial charge in [0.05, 0.1) is 16.1 Å². The maximum Gasteiger partial charge on any atom is 0.231 e. The van der Waals surface area contributed by atoms with Gasteiger partial charge < -0.3 is 15.8 Å². The Kier molecular flexibility index (Phi) is 11.4. The quantitative estimate of drug-likeness (QED) is 0.622. The fourth-order valence-corrected chi connectivity index (χ4v) is 2.78. The maximum atomic E-state index is 12.6. The highest BCUT2D eigenvalue weighted by Gasteiger charge is 2.33. The second-order valence-corrected chi connectivity index (χ2v) is 6.31. The van der Waals surface area contributed by atoms with Gasteiger partial charge in [0.25, 0.3) is 0 Å². The molecule has 0 spiro atoms. The van der Waals surface area contributed by atoms with Crippen molar-refractivity contribution in [1.82, 2.24) is 4.98 Å². The van der Waals surface area contributed by atoms with Crippen molar-refractivity contribution in [1.29, 1.82) is 0 Å². The van der Waals surface area contributed by atoms with Crippen molar-refractivity contribution in [2.24, 2.45) is 11.1 Å². The fourth-order valence-electron chi connectivity index (χ4n) is 2.55. The molecule has 1 amide bonds. The minimum absolute atomic E-state index is 0. The van der Waals surface area contributed by atoms with E-state index in [0.29, 0.717) is 42.5 Å². The van der Waals surface area contributed by atoms with Crippen molar-refractivity contribution >= 4 is 48.0 Å². The highest BCUT2D eigenvalue weighted by atomic mass is 35.5. The van der Waals surface area contributed by atoms with E-state index in [-0.39, 0.29) is 30.7 Å². The number of nitrogens with two attached hydrogens (primary N) is 1. The SMILES string of the molecule is CCC(CC)(CN)C(=O)Nc1ccc(OCc2ccccn2)c(Cl)c1.Cl.Cl. The summed E-state index contributed by atoms with van der Waals surface area (Å²) in [6.45, 7) is 4.58. The Morgan fingerprint density at radius 2 is 1.93 bits per heavy atom. The monoisotopic (exact) mass is 433 g/mol. The number of carbonyl (C=O) groups excluding carboxylic acids is 1. The van der Waals surface area contributed by atoms with Crippen LogP contribution in [0.5, 0.6) is 5.75 Å². The van der Waals surface area contributed by atoms with Crippen molar-refractivity contribution in [2.75, 3.05) is 11.9 Å². The Morgan fingerprint density at radius 1 is 1.22 bits per heavy atom. The number of ether oxygens (including phenoxy) is 1. The van der Waals surface area contributed by atoms with Gasteiger partial charge in [0.1, 0.15) is 12.4 Å². The van der Waals surface area contributed by atoms with Crippen LogP contribution in [0.3, 0.4) is 0 Å². The van der Waals surface area contributed by atoms with Crippen LogP contribution < -0.4 is 15.8 Å². The van der Waals surface area contributed by atoms with Crippen LogP contribution in [0.15, 0.2) is 42.6 Å². The number of hydrogen-bond donors (Lipinski definition) is 2. The lowest BCUT2D eigenvalue weighted by Crippen LogP contribution is -2.41. The average Bonchev–Trinajstić information content (AvgIpc) is 2.64. The number of nitrogens with zero attached hydrogens (tertiary/aromatic N) is 1. The van der Waals surface area contributed by atoms with Crippen LogP contribution in [0.1, 0.15) is 32.4 Å². The number of aromatic nitrogens is 1. The van der Waals surface area contributed by atoms with Crippen LogP contribution in [-0.2, 0) is 11.4 Å². The zero-order valence-electron chi connectivity index (χ0n) is 15.4. The van der Waals surface area contributed by atoms with E-state index in [2.05, 4.69) is 10.3 Å².